The van der Waals surface area contributed by atoms with E-state index in [0.29, 0.717) is 12.8 Å². The number of carboxylic acids is 1. The predicted octanol–water partition coefficient (Wildman–Crippen LogP) is 1.84. The zero-order valence-electron chi connectivity index (χ0n) is 12.2. The van der Waals surface area contributed by atoms with Crippen LogP contribution in [0, 0.1) is 0 Å². The summed E-state index contributed by atoms with van der Waals surface area (Å²) >= 11 is 0. The Morgan fingerprint density at radius 2 is 1.74 bits per heavy atom. The number of hydrogen-bond donors (Lipinski definition) is 2. The van der Waals surface area contributed by atoms with Gasteiger partial charge in [0, 0.05) is 13.1 Å². The highest BCUT2D eigenvalue weighted by atomic mass is 31.2. The van der Waals surface area contributed by atoms with Crippen LogP contribution in [0.25, 0.3) is 0 Å². The van der Waals surface area contributed by atoms with Gasteiger partial charge in [-0.3, -0.25) is 4.79 Å². The first-order valence-corrected chi connectivity index (χ1v) is 8.62. The lowest BCUT2D eigenvalue weighted by Crippen LogP contribution is -2.03. The Morgan fingerprint density at radius 1 is 1.26 bits per heavy atom. The lowest BCUT2D eigenvalue weighted by Gasteiger charge is -2.17. The first-order chi connectivity index (χ1) is 8.83. The minimum absolute atomic E-state index is 0.210. The van der Waals surface area contributed by atoms with Gasteiger partial charge >= 0.3 is 5.97 Å². The lowest BCUT2D eigenvalue weighted by molar-refractivity contribution is -0.196. The molecule has 0 saturated carbocycles. The Morgan fingerprint density at radius 3 is 2.16 bits per heavy atom. The quantitative estimate of drug-likeness (QED) is 0.471. The highest BCUT2D eigenvalue weighted by Gasteiger charge is 1.99. The second-order valence-electron chi connectivity index (χ2n) is 4.22. The summed E-state index contributed by atoms with van der Waals surface area (Å²) in [7, 11) is -1.64. The average molecular weight is 296 g/mol. The van der Waals surface area contributed by atoms with Crippen molar-refractivity contribution >= 4 is 13.6 Å². The van der Waals surface area contributed by atoms with Crippen molar-refractivity contribution in [2.75, 3.05) is 26.9 Å². The molecule has 0 aliphatic rings. The van der Waals surface area contributed by atoms with Gasteiger partial charge in [0.25, 0.3) is 0 Å². The second kappa shape index (κ2) is 14.0. The third-order valence-corrected chi connectivity index (χ3v) is 2.87. The average Bonchev–Trinajstić information content (AvgIpc) is 2.31. The molecule has 0 amide bonds. The van der Waals surface area contributed by atoms with Gasteiger partial charge < -0.3 is 24.4 Å². The van der Waals surface area contributed by atoms with E-state index in [2.05, 4.69) is 16.8 Å². The van der Waals surface area contributed by atoms with Gasteiger partial charge in [-0.1, -0.05) is 26.2 Å². The topological polar surface area (TPSA) is 98.7 Å². The standard InChI is InChI=1S/C9H19O5P.C3H9N/c1-15(12,13)14-8-6-4-2-3-5-7-9(10)11;1-3-4-2/h2-8H2,1H3,(H,10,11)(H,12,13);4H,3H2,1-2H3/p-1. The van der Waals surface area contributed by atoms with Crippen LogP contribution < -0.4 is 10.2 Å². The van der Waals surface area contributed by atoms with E-state index in [0.717, 1.165) is 32.5 Å². The Hall–Kier alpha value is -0.420. The molecule has 0 rings (SSSR count). The molecule has 1 unspecified atom stereocenters. The lowest BCUT2D eigenvalue weighted by atomic mass is 10.1. The number of carbonyl (C=O) groups is 1. The van der Waals surface area contributed by atoms with Crippen LogP contribution in [-0.4, -0.2) is 37.9 Å². The van der Waals surface area contributed by atoms with Gasteiger partial charge in [-0.15, -0.1) is 0 Å². The van der Waals surface area contributed by atoms with Crippen LogP contribution in [0.5, 0.6) is 0 Å². The third-order valence-electron chi connectivity index (χ3n) is 2.21. The number of rotatable bonds is 10. The van der Waals surface area contributed by atoms with E-state index in [4.69, 9.17) is 5.11 Å². The number of nitrogens with one attached hydrogen (secondary N) is 1. The molecule has 6 nitrogen and oxygen atoms in total. The van der Waals surface area contributed by atoms with E-state index in [1.807, 2.05) is 7.05 Å². The van der Waals surface area contributed by atoms with Gasteiger partial charge in [0.15, 0.2) is 0 Å². The van der Waals surface area contributed by atoms with Crippen LogP contribution in [-0.2, 0) is 13.9 Å². The maximum atomic E-state index is 10.6. The third kappa shape index (κ3) is 27.0. The monoisotopic (exact) mass is 296 g/mol. The van der Waals surface area contributed by atoms with Crippen molar-refractivity contribution in [1.29, 1.82) is 0 Å². The van der Waals surface area contributed by atoms with Crippen LogP contribution in [0.15, 0.2) is 0 Å². The molecule has 0 aromatic heterocycles. The molecule has 0 aromatic carbocycles. The Labute approximate surface area is 116 Å². The summed E-state index contributed by atoms with van der Waals surface area (Å²) in [5.74, 6) is -0.767. The molecule has 0 fully saturated rings. The van der Waals surface area contributed by atoms with E-state index in [1.165, 1.54) is 0 Å². The normalized spacial score (nSPS) is 13.3. The van der Waals surface area contributed by atoms with E-state index in [-0.39, 0.29) is 13.0 Å². The maximum Gasteiger partial charge on any atom is 0.303 e. The summed E-state index contributed by atoms with van der Waals surface area (Å²) in [6, 6.07) is 0. The zero-order valence-corrected chi connectivity index (χ0v) is 13.1. The number of hydrogen-bond acceptors (Lipinski definition) is 5. The van der Waals surface area contributed by atoms with Gasteiger partial charge in [-0.05, 0) is 26.4 Å². The number of aliphatic carboxylic acids is 1. The fraction of sp³-hybridized carbons (Fsp3) is 0.917. The van der Waals surface area contributed by atoms with Crippen molar-refractivity contribution in [1.82, 2.24) is 5.32 Å². The van der Waals surface area contributed by atoms with Crippen molar-refractivity contribution in [3.63, 3.8) is 0 Å². The van der Waals surface area contributed by atoms with Crippen molar-refractivity contribution < 1.29 is 23.9 Å². The number of unbranched alkanes of at least 4 members (excludes halogenated alkanes) is 4. The zero-order chi connectivity index (χ0) is 15.1. The maximum absolute atomic E-state index is 10.6. The van der Waals surface area contributed by atoms with Crippen LogP contribution >= 0.6 is 7.60 Å². The van der Waals surface area contributed by atoms with E-state index < -0.39 is 13.6 Å². The summed E-state index contributed by atoms with van der Waals surface area (Å²) in [6.07, 6.45) is 4.26. The molecule has 0 heterocycles. The van der Waals surface area contributed by atoms with Gasteiger partial charge in [0.2, 0.25) is 0 Å². The van der Waals surface area contributed by atoms with Gasteiger partial charge in [0.1, 0.15) is 7.60 Å². The van der Waals surface area contributed by atoms with Crippen LogP contribution in [0.1, 0.15) is 45.4 Å². The summed E-state index contributed by atoms with van der Waals surface area (Å²) in [5.41, 5.74) is 0. The molecule has 2 N–H and O–H groups in total. The SMILES string of the molecule is CCNC.CP(=O)([O-])OCCCCCCCC(=O)O. The first kappa shape index (κ1) is 20.9. The molecule has 0 aliphatic carbocycles. The Balaban J connectivity index is 0. The fourth-order valence-electron chi connectivity index (χ4n) is 1.14. The molecule has 0 radical (unpaired) electrons. The van der Waals surface area contributed by atoms with Gasteiger partial charge in [-0.2, -0.15) is 0 Å². The molecule has 0 aliphatic heterocycles. The van der Waals surface area contributed by atoms with Crippen molar-refractivity contribution in [2.45, 2.75) is 45.4 Å². The molecule has 0 saturated heterocycles. The molecule has 7 heteroatoms. The summed E-state index contributed by atoms with van der Waals surface area (Å²) in [6.45, 7) is 4.43. The minimum Gasteiger partial charge on any atom is -0.779 e. The fourth-order valence-corrected chi connectivity index (χ4v) is 1.60. The van der Waals surface area contributed by atoms with Crippen LogP contribution in [0.4, 0.5) is 0 Å². The van der Waals surface area contributed by atoms with E-state index in [9.17, 15) is 14.3 Å². The van der Waals surface area contributed by atoms with E-state index in [1.54, 1.807) is 0 Å². The van der Waals surface area contributed by atoms with Crippen molar-refractivity contribution in [3.8, 4) is 0 Å². The van der Waals surface area contributed by atoms with Crippen molar-refractivity contribution in [3.05, 3.63) is 0 Å². The summed E-state index contributed by atoms with van der Waals surface area (Å²) in [4.78, 5) is 20.7. The van der Waals surface area contributed by atoms with Crippen LogP contribution in [0.2, 0.25) is 0 Å². The highest BCUT2D eigenvalue weighted by Crippen LogP contribution is 2.31. The molecule has 19 heavy (non-hydrogen) atoms. The molecule has 1 atom stereocenters. The molecular formula is C12H27NO5P-. The minimum atomic E-state index is -3.57. The predicted molar refractivity (Wildman–Crippen MR) is 74.4 cm³/mol. The second-order valence-corrected chi connectivity index (χ2v) is 6.02. The van der Waals surface area contributed by atoms with Gasteiger partial charge in [-0.25, -0.2) is 0 Å². The molecule has 0 bridgehead atoms. The van der Waals surface area contributed by atoms with E-state index >= 15 is 0 Å². The highest BCUT2D eigenvalue weighted by molar-refractivity contribution is 7.50. The molecule has 0 aromatic rings. The first-order valence-electron chi connectivity index (χ1n) is 6.63. The van der Waals surface area contributed by atoms with Gasteiger partial charge in [0.05, 0.1) is 6.61 Å². The largest absolute Gasteiger partial charge is 0.779 e. The summed E-state index contributed by atoms with van der Waals surface area (Å²) < 4.78 is 15.2. The molecule has 116 valence electrons. The molecule has 0 spiro atoms. The van der Waals surface area contributed by atoms with Crippen molar-refractivity contribution in [2.24, 2.45) is 0 Å². The summed E-state index contributed by atoms with van der Waals surface area (Å²) in [5, 5.41) is 11.3. The number of carboxylic acid groups (broad SMARTS) is 1. The Kier molecular flexibility index (Phi) is 15.4. The molecular weight excluding hydrogens is 269 g/mol. The van der Waals surface area contributed by atoms with Crippen LogP contribution in [0.3, 0.4) is 0 Å². The Bertz CT molecular complexity index is 253. The smallest absolute Gasteiger partial charge is 0.303 e.